The largest absolute Gasteiger partial charge is 0.350 e. The van der Waals surface area contributed by atoms with Crippen LogP contribution in [0.3, 0.4) is 0 Å². The van der Waals surface area contributed by atoms with Crippen LogP contribution in [0.15, 0.2) is 41.8 Å². The number of hydrogen-bond donors (Lipinski definition) is 1. The van der Waals surface area contributed by atoms with Crippen LogP contribution in [0, 0.1) is 13.8 Å². The maximum Gasteiger partial charge on any atom is 0.256 e. The Hall–Kier alpha value is -2.15. The molecule has 0 radical (unpaired) electrons. The standard InChI is InChI=1S/C23H27ClN4OS/c1-16-7-9-18(10-8-16)15-28-22(24)21(17(2)26-28)23(29)25-14-19(20-6-5-13-30-20)27-11-3-4-12-27/h5-10,13,19H,3-4,11-12,14-15H2,1-2H3,(H,25,29). The average Bonchev–Trinajstić information content (AvgIpc) is 3.48. The predicted molar refractivity (Wildman–Crippen MR) is 122 cm³/mol. The summed E-state index contributed by atoms with van der Waals surface area (Å²) in [5, 5.41) is 10.1. The number of halogens is 1. The Morgan fingerprint density at radius 2 is 1.93 bits per heavy atom. The molecule has 0 aliphatic carbocycles. The van der Waals surface area contributed by atoms with Crippen molar-refractivity contribution in [2.45, 2.75) is 39.3 Å². The van der Waals surface area contributed by atoms with E-state index in [0.29, 0.717) is 29.5 Å². The quantitative estimate of drug-likeness (QED) is 0.570. The van der Waals surface area contributed by atoms with Crippen molar-refractivity contribution in [1.82, 2.24) is 20.0 Å². The van der Waals surface area contributed by atoms with Crippen molar-refractivity contribution in [3.05, 3.63) is 74.2 Å². The van der Waals surface area contributed by atoms with Crippen LogP contribution in [0.5, 0.6) is 0 Å². The van der Waals surface area contributed by atoms with Crippen LogP contribution in [-0.2, 0) is 6.54 Å². The molecule has 1 saturated heterocycles. The van der Waals surface area contributed by atoms with Crippen LogP contribution < -0.4 is 5.32 Å². The lowest BCUT2D eigenvalue weighted by Gasteiger charge is -2.26. The molecule has 7 heteroatoms. The van der Waals surface area contributed by atoms with Crippen LogP contribution in [-0.4, -0.2) is 40.2 Å². The maximum atomic E-state index is 13.0. The smallest absolute Gasteiger partial charge is 0.256 e. The van der Waals surface area contributed by atoms with Gasteiger partial charge in [-0.25, -0.2) is 4.68 Å². The number of amides is 1. The van der Waals surface area contributed by atoms with E-state index in [1.807, 2.05) is 6.92 Å². The molecule has 1 fully saturated rings. The molecule has 158 valence electrons. The molecule has 1 aliphatic heterocycles. The number of benzene rings is 1. The number of likely N-dealkylation sites (tertiary alicyclic amines) is 1. The second-order valence-electron chi connectivity index (χ2n) is 7.88. The first-order valence-corrected chi connectivity index (χ1v) is 11.6. The molecule has 1 unspecified atom stereocenters. The number of thiophene rings is 1. The number of carbonyl (C=O) groups excluding carboxylic acids is 1. The number of aryl methyl sites for hydroxylation is 2. The van der Waals surface area contributed by atoms with Crippen molar-refractivity contribution in [2.24, 2.45) is 0 Å². The van der Waals surface area contributed by atoms with Gasteiger partial charge in [-0.1, -0.05) is 47.5 Å². The molecule has 1 aromatic carbocycles. The number of hydrogen-bond acceptors (Lipinski definition) is 4. The van der Waals surface area contributed by atoms with Gasteiger partial charge in [-0.2, -0.15) is 5.10 Å². The van der Waals surface area contributed by atoms with Crippen molar-refractivity contribution < 1.29 is 4.79 Å². The first kappa shape index (κ1) is 21.1. The van der Waals surface area contributed by atoms with Gasteiger partial charge in [-0.05, 0) is 56.8 Å². The summed E-state index contributed by atoms with van der Waals surface area (Å²) >= 11 is 8.32. The van der Waals surface area contributed by atoms with E-state index in [1.54, 1.807) is 16.0 Å². The van der Waals surface area contributed by atoms with Crippen LogP contribution in [0.1, 0.15) is 50.9 Å². The monoisotopic (exact) mass is 442 g/mol. The molecule has 2 aromatic heterocycles. The highest BCUT2D eigenvalue weighted by Crippen LogP contribution is 2.28. The lowest BCUT2D eigenvalue weighted by atomic mass is 10.1. The van der Waals surface area contributed by atoms with Crippen LogP contribution >= 0.6 is 22.9 Å². The Morgan fingerprint density at radius 3 is 2.60 bits per heavy atom. The normalized spacial score (nSPS) is 15.4. The van der Waals surface area contributed by atoms with Gasteiger partial charge in [0.25, 0.3) is 5.91 Å². The number of carbonyl (C=O) groups is 1. The van der Waals surface area contributed by atoms with Gasteiger partial charge >= 0.3 is 0 Å². The molecule has 0 saturated carbocycles. The van der Waals surface area contributed by atoms with Crippen molar-refractivity contribution in [2.75, 3.05) is 19.6 Å². The van der Waals surface area contributed by atoms with Gasteiger partial charge in [-0.3, -0.25) is 9.69 Å². The van der Waals surface area contributed by atoms with Gasteiger partial charge in [0, 0.05) is 11.4 Å². The van der Waals surface area contributed by atoms with E-state index >= 15 is 0 Å². The topological polar surface area (TPSA) is 50.2 Å². The lowest BCUT2D eigenvalue weighted by Crippen LogP contribution is -2.36. The Bertz CT molecular complexity index is 991. The molecule has 3 heterocycles. The second kappa shape index (κ2) is 9.33. The van der Waals surface area contributed by atoms with Crippen molar-refractivity contribution in [1.29, 1.82) is 0 Å². The third-order valence-electron chi connectivity index (χ3n) is 5.65. The van der Waals surface area contributed by atoms with Crippen LogP contribution in [0.25, 0.3) is 0 Å². The third kappa shape index (κ3) is 4.61. The molecule has 1 atom stereocenters. The van der Waals surface area contributed by atoms with Gasteiger partial charge in [0.1, 0.15) is 5.15 Å². The molecule has 1 N–H and O–H groups in total. The zero-order chi connectivity index (χ0) is 21.1. The minimum atomic E-state index is -0.159. The molecule has 30 heavy (non-hydrogen) atoms. The van der Waals surface area contributed by atoms with Crippen molar-refractivity contribution in [3.63, 3.8) is 0 Å². The highest BCUT2D eigenvalue weighted by Gasteiger charge is 2.26. The summed E-state index contributed by atoms with van der Waals surface area (Å²) < 4.78 is 1.70. The highest BCUT2D eigenvalue weighted by molar-refractivity contribution is 7.10. The molecule has 0 spiro atoms. The molecule has 5 nitrogen and oxygen atoms in total. The Kier molecular flexibility index (Phi) is 6.56. The molecule has 0 bridgehead atoms. The van der Waals surface area contributed by atoms with Crippen molar-refractivity contribution in [3.8, 4) is 0 Å². The molecule has 4 rings (SSSR count). The number of nitrogens with zero attached hydrogens (tertiary/aromatic N) is 3. The summed E-state index contributed by atoms with van der Waals surface area (Å²) in [4.78, 5) is 16.8. The molecule has 3 aromatic rings. The van der Waals surface area contributed by atoms with E-state index in [9.17, 15) is 4.79 Å². The first-order chi connectivity index (χ1) is 14.5. The van der Waals surface area contributed by atoms with E-state index in [-0.39, 0.29) is 11.9 Å². The summed E-state index contributed by atoms with van der Waals surface area (Å²) in [5.41, 5.74) is 3.43. The summed E-state index contributed by atoms with van der Waals surface area (Å²) in [6.07, 6.45) is 2.43. The van der Waals surface area contributed by atoms with Gasteiger partial charge in [0.05, 0.1) is 23.8 Å². The predicted octanol–water partition coefficient (Wildman–Crippen LogP) is 4.83. The first-order valence-electron chi connectivity index (χ1n) is 10.4. The van der Waals surface area contributed by atoms with E-state index in [4.69, 9.17) is 11.6 Å². The highest BCUT2D eigenvalue weighted by atomic mass is 35.5. The Labute approximate surface area is 186 Å². The molecule has 1 amide bonds. The fourth-order valence-electron chi connectivity index (χ4n) is 4.00. The van der Waals surface area contributed by atoms with Crippen LogP contribution in [0.4, 0.5) is 0 Å². The Balaban J connectivity index is 1.47. The fraction of sp³-hybridized carbons (Fsp3) is 0.391. The minimum Gasteiger partial charge on any atom is -0.350 e. The zero-order valence-electron chi connectivity index (χ0n) is 17.4. The second-order valence-corrected chi connectivity index (χ2v) is 9.22. The average molecular weight is 443 g/mol. The fourth-order valence-corrected chi connectivity index (χ4v) is 5.19. The summed E-state index contributed by atoms with van der Waals surface area (Å²) in [6.45, 7) is 7.16. The molecular formula is C23H27ClN4OS. The van der Waals surface area contributed by atoms with E-state index in [0.717, 1.165) is 18.7 Å². The van der Waals surface area contributed by atoms with Gasteiger partial charge in [0.2, 0.25) is 0 Å². The molecule has 1 aliphatic rings. The van der Waals surface area contributed by atoms with Gasteiger partial charge in [-0.15, -0.1) is 11.3 Å². The Morgan fingerprint density at radius 1 is 1.20 bits per heavy atom. The third-order valence-corrected chi connectivity index (χ3v) is 7.01. The zero-order valence-corrected chi connectivity index (χ0v) is 19.0. The van der Waals surface area contributed by atoms with E-state index < -0.39 is 0 Å². The van der Waals surface area contributed by atoms with Crippen molar-refractivity contribution >= 4 is 28.8 Å². The SMILES string of the molecule is Cc1ccc(Cn2nc(C)c(C(=O)NCC(c3cccs3)N3CCCC3)c2Cl)cc1. The summed E-state index contributed by atoms with van der Waals surface area (Å²) in [6, 6.07) is 12.7. The van der Waals surface area contributed by atoms with Gasteiger partial charge < -0.3 is 5.32 Å². The minimum absolute atomic E-state index is 0.159. The lowest BCUT2D eigenvalue weighted by molar-refractivity contribution is 0.0938. The molecular weight excluding hydrogens is 416 g/mol. The van der Waals surface area contributed by atoms with E-state index in [2.05, 4.69) is 64.0 Å². The summed E-state index contributed by atoms with van der Waals surface area (Å²) in [5.74, 6) is -0.159. The van der Waals surface area contributed by atoms with Crippen LogP contribution in [0.2, 0.25) is 5.15 Å². The maximum absolute atomic E-state index is 13.0. The number of aromatic nitrogens is 2. The van der Waals surface area contributed by atoms with E-state index in [1.165, 1.54) is 23.3 Å². The number of nitrogens with one attached hydrogen (secondary N) is 1. The van der Waals surface area contributed by atoms with Gasteiger partial charge in [0.15, 0.2) is 0 Å². The summed E-state index contributed by atoms with van der Waals surface area (Å²) in [7, 11) is 0. The number of rotatable bonds is 7.